The Morgan fingerprint density at radius 1 is 1.25 bits per heavy atom. The van der Waals surface area contributed by atoms with Gasteiger partial charge in [-0.3, -0.25) is 4.79 Å². The van der Waals surface area contributed by atoms with E-state index in [2.05, 4.69) is 0 Å². The van der Waals surface area contributed by atoms with E-state index in [-0.39, 0.29) is 17.4 Å². The number of carbonyl (C=O) groups is 1. The van der Waals surface area contributed by atoms with E-state index in [1.165, 1.54) is 10.6 Å². The zero-order chi connectivity index (χ0) is 20.3. The monoisotopic (exact) mass is 402 g/mol. The molecule has 1 aromatic heterocycles. The molecule has 4 nitrogen and oxygen atoms in total. The topological polar surface area (TPSA) is 45.5 Å². The van der Waals surface area contributed by atoms with Crippen LogP contribution in [0.1, 0.15) is 16.8 Å². The maximum Gasteiger partial charge on any atom is 0.323 e. The third-order valence-electron chi connectivity index (χ3n) is 4.79. The normalized spacial score (nSPS) is 11.0. The second-order valence-corrected chi connectivity index (χ2v) is 6.85. The molecule has 0 fully saturated rings. The molecule has 0 spiro atoms. The maximum absolute atomic E-state index is 14.5. The quantitative estimate of drug-likeness (QED) is 0.570. The molecule has 0 radical (unpaired) electrons. The van der Waals surface area contributed by atoms with Gasteiger partial charge in [-0.05, 0) is 30.5 Å². The molecule has 1 N–H and O–H groups in total. The average molecular weight is 402 g/mol. The van der Waals surface area contributed by atoms with Crippen molar-refractivity contribution in [2.75, 3.05) is 6.54 Å². The summed E-state index contributed by atoms with van der Waals surface area (Å²) in [5.41, 5.74) is 4.20. The van der Waals surface area contributed by atoms with Gasteiger partial charge in [0.2, 0.25) is 0 Å². The molecule has 3 aromatic rings. The van der Waals surface area contributed by atoms with Crippen molar-refractivity contribution in [3.63, 3.8) is 0 Å². The van der Waals surface area contributed by atoms with Crippen molar-refractivity contribution in [2.24, 2.45) is 0 Å². The Labute approximate surface area is 167 Å². The highest BCUT2D eigenvalue weighted by Crippen LogP contribution is 2.30. The van der Waals surface area contributed by atoms with Crippen molar-refractivity contribution < 1.29 is 18.7 Å². The van der Waals surface area contributed by atoms with Crippen molar-refractivity contribution >= 4 is 34.6 Å². The van der Waals surface area contributed by atoms with Crippen LogP contribution in [0, 0.1) is 18.6 Å². The van der Waals surface area contributed by atoms with Gasteiger partial charge in [0, 0.05) is 30.2 Å². The van der Waals surface area contributed by atoms with Crippen LogP contribution in [0.5, 0.6) is 0 Å². The lowest BCUT2D eigenvalue weighted by Gasteiger charge is -2.19. The van der Waals surface area contributed by atoms with Crippen LogP contribution in [0.2, 0.25) is 0 Å². The number of hydrogen-bond acceptors (Lipinski definition) is 2. The summed E-state index contributed by atoms with van der Waals surface area (Å²) < 4.78 is 29.7. The number of halogens is 2. The van der Waals surface area contributed by atoms with Crippen LogP contribution in [0.25, 0.3) is 10.9 Å². The molecule has 2 aromatic carbocycles. The number of benzene rings is 2. The zero-order valence-corrected chi connectivity index (χ0v) is 16.2. The lowest BCUT2D eigenvalue weighted by Crippen LogP contribution is -2.23. The predicted molar refractivity (Wildman–Crippen MR) is 108 cm³/mol. The maximum atomic E-state index is 14.5. The number of thiocarbonyl (C=S) groups is 1. The minimum Gasteiger partial charge on any atom is -0.480 e. The lowest BCUT2D eigenvalue weighted by atomic mass is 10.1. The predicted octanol–water partition coefficient (Wildman–Crippen LogP) is 4.31. The van der Waals surface area contributed by atoms with Gasteiger partial charge < -0.3 is 14.6 Å². The van der Waals surface area contributed by atoms with Gasteiger partial charge in [0.15, 0.2) is 0 Å². The Morgan fingerprint density at radius 3 is 2.61 bits per heavy atom. The first-order valence-electron chi connectivity index (χ1n) is 8.82. The molecule has 0 bridgehead atoms. The standard InChI is InChI=1S/C21H20F2N2O2S/c1-14-17(7-8-24(13-28)11-15-5-3-2-4-6-15)21-18(23)9-16(22)10-19(21)25(14)12-20(26)27/h2-6,9-10,13H,7-8,11-12H2,1H3,(H,26,27). The lowest BCUT2D eigenvalue weighted by molar-refractivity contribution is -0.137. The first-order valence-corrected chi connectivity index (χ1v) is 9.29. The molecule has 0 aliphatic heterocycles. The van der Waals surface area contributed by atoms with Gasteiger partial charge in [-0.15, -0.1) is 0 Å². The number of fused-ring (bicyclic) bond motifs is 1. The van der Waals surface area contributed by atoms with Gasteiger partial charge in [0.1, 0.15) is 18.2 Å². The third kappa shape index (κ3) is 4.20. The van der Waals surface area contributed by atoms with Crippen molar-refractivity contribution in [2.45, 2.75) is 26.4 Å². The Bertz CT molecular complexity index is 1020. The number of aromatic nitrogens is 1. The number of rotatable bonds is 8. The number of carboxylic acid groups (broad SMARTS) is 1. The van der Waals surface area contributed by atoms with Crippen LogP contribution >= 0.6 is 12.2 Å². The van der Waals surface area contributed by atoms with Crippen molar-refractivity contribution in [3.05, 3.63) is 70.9 Å². The molecule has 146 valence electrons. The van der Waals surface area contributed by atoms with Gasteiger partial charge >= 0.3 is 5.97 Å². The summed E-state index contributed by atoms with van der Waals surface area (Å²) in [6.07, 6.45) is 0.456. The summed E-state index contributed by atoms with van der Waals surface area (Å²) in [4.78, 5) is 13.2. The molecule has 0 atom stereocenters. The van der Waals surface area contributed by atoms with E-state index in [9.17, 15) is 18.7 Å². The van der Waals surface area contributed by atoms with Crippen LogP contribution in [0.4, 0.5) is 8.78 Å². The fourth-order valence-electron chi connectivity index (χ4n) is 3.48. The van der Waals surface area contributed by atoms with Gasteiger partial charge in [-0.25, -0.2) is 8.78 Å². The Morgan fingerprint density at radius 2 is 1.96 bits per heavy atom. The van der Waals surface area contributed by atoms with Gasteiger partial charge in [-0.2, -0.15) is 0 Å². The summed E-state index contributed by atoms with van der Waals surface area (Å²) in [5.74, 6) is -2.49. The first kappa shape index (κ1) is 19.9. The summed E-state index contributed by atoms with van der Waals surface area (Å²) in [6.45, 7) is 2.52. The zero-order valence-electron chi connectivity index (χ0n) is 15.4. The summed E-state index contributed by atoms with van der Waals surface area (Å²) in [6, 6.07) is 11.8. The minimum absolute atomic E-state index is 0.254. The van der Waals surface area contributed by atoms with E-state index in [1.54, 1.807) is 12.4 Å². The summed E-state index contributed by atoms with van der Waals surface area (Å²) in [5, 5.41) is 9.45. The first-order chi connectivity index (χ1) is 13.4. The number of nitrogens with zero attached hydrogens (tertiary/aromatic N) is 2. The highest BCUT2D eigenvalue weighted by Gasteiger charge is 2.20. The van der Waals surface area contributed by atoms with Crippen LogP contribution in [0.15, 0.2) is 42.5 Å². The Kier molecular flexibility index (Phi) is 6.04. The minimum atomic E-state index is -1.07. The molecule has 0 unspecified atom stereocenters. The van der Waals surface area contributed by atoms with Crippen LogP contribution in [-0.2, 0) is 24.3 Å². The van der Waals surface area contributed by atoms with Crippen LogP contribution in [-0.4, -0.2) is 32.6 Å². The van der Waals surface area contributed by atoms with E-state index >= 15 is 0 Å². The van der Waals surface area contributed by atoms with Gasteiger partial charge in [-0.1, -0.05) is 42.5 Å². The Balaban J connectivity index is 1.92. The van der Waals surface area contributed by atoms with Crippen molar-refractivity contribution in [3.8, 4) is 0 Å². The van der Waals surface area contributed by atoms with E-state index in [1.807, 2.05) is 35.2 Å². The van der Waals surface area contributed by atoms with Crippen molar-refractivity contribution in [1.82, 2.24) is 9.47 Å². The van der Waals surface area contributed by atoms with Crippen LogP contribution in [0.3, 0.4) is 0 Å². The SMILES string of the molecule is Cc1c(CCN(C=S)Cc2ccccc2)c2c(F)cc(F)cc2n1CC(=O)O. The molecule has 0 amide bonds. The molecule has 0 saturated carbocycles. The Hall–Kier alpha value is -2.80. The second kappa shape index (κ2) is 8.48. The highest BCUT2D eigenvalue weighted by molar-refractivity contribution is 7.78. The molecule has 1 heterocycles. The molecule has 0 aliphatic rings. The second-order valence-electron chi connectivity index (χ2n) is 6.64. The molecule has 7 heteroatoms. The van der Waals surface area contributed by atoms with Gasteiger partial charge in [0.05, 0.1) is 11.0 Å². The summed E-state index contributed by atoms with van der Waals surface area (Å²) in [7, 11) is 0. The smallest absolute Gasteiger partial charge is 0.323 e. The third-order valence-corrected chi connectivity index (χ3v) is 5.09. The molecule has 28 heavy (non-hydrogen) atoms. The fraction of sp³-hybridized carbons (Fsp3) is 0.238. The average Bonchev–Trinajstić information content (AvgIpc) is 2.91. The van der Waals surface area contributed by atoms with E-state index in [4.69, 9.17) is 12.2 Å². The molecular formula is C21H20F2N2O2S. The molecular weight excluding hydrogens is 382 g/mol. The number of hydrogen-bond donors (Lipinski definition) is 1. The highest BCUT2D eigenvalue weighted by atomic mass is 32.1. The molecule has 0 saturated heterocycles. The largest absolute Gasteiger partial charge is 0.480 e. The van der Waals surface area contributed by atoms with E-state index < -0.39 is 17.6 Å². The van der Waals surface area contributed by atoms with Gasteiger partial charge in [0.25, 0.3) is 0 Å². The van der Waals surface area contributed by atoms with Crippen molar-refractivity contribution in [1.29, 1.82) is 0 Å². The molecule has 0 aliphatic carbocycles. The number of carboxylic acids is 1. The van der Waals surface area contributed by atoms with E-state index in [0.29, 0.717) is 30.8 Å². The fourth-order valence-corrected chi connectivity index (χ4v) is 3.66. The van der Waals surface area contributed by atoms with Crippen LogP contribution < -0.4 is 0 Å². The number of aliphatic carboxylic acids is 1. The molecule has 3 rings (SSSR count). The van der Waals surface area contributed by atoms with E-state index in [0.717, 1.165) is 11.6 Å². The summed E-state index contributed by atoms with van der Waals surface area (Å²) >= 11 is 5.12.